The molecule has 3 rings (SSSR count). The predicted octanol–water partition coefficient (Wildman–Crippen LogP) is 2.55. The first-order valence-electron chi connectivity index (χ1n) is 5.39. The first-order valence-corrected chi connectivity index (χ1v) is 6.18. The lowest BCUT2D eigenvalue weighted by Crippen LogP contribution is -2.11. The van der Waals surface area contributed by atoms with E-state index in [9.17, 15) is 5.11 Å². The van der Waals surface area contributed by atoms with Crippen molar-refractivity contribution in [2.24, 2.45) is 0 Å². The standard InChI is InChI=1S/C12H13BrO3/c1-7-8(5-12(14)2-3-12)4-9(13)11-10(7)15-6-16-11/h4,14H,2-3,5-6H2,1H3. The van der Waals surface area contributed by atoms with Gasteiger partial charge >= 0.3 is 0 Å². The number of hydrogen-bond donors (Lipinski definition) is 1. The Morgan fingerprint density at radius 1 is 1.38 bits per heavy atom. The van der Waals surface area contributed by atoms with Gasteiger partial charge in [-0.1, -0.05) is 0 Å². The van der Waals surface area contributed by atoms with Crippen LogP contribution in [-0.2, 0) is 6.42 Å². The van der Waals surface area contributed by atoms with Crippen LogP contribution in [0.25, 0.3) is 0 Å². The Kier molecular flexibility index (Phi) is 2.20. The van der Waals surface area contributed by atoms with Gasteiger partial charge in [-0.2, -0.15) is 0 Å². The van der Waals surface area contributed by atoms with Crippen LogP contribution in [0.3, 0.4) is 0 Å². The fraction of sp³-hybridized carbons (Fsp3) is 0.500. The number of hydrogen-bond acceptors (Lipinski definition) is 3. The first-order chi connectivity index (χ1) is 7.59. The maximum Gasteiger partial charge on any atom is 0.231 e. The lowest BCUT2D eigenvalue weighted by Gasteiger charge is -2.13. The van der Waals surface area contributed by atoms with Crippen molar-refractivity contribution in [2.75, 3.05) is 6.79 Å². The summed E-state index contributed by atoms with van der Waals surface area (Å²) in [5.41, 5.74) is 1.74. The van der Waals surface area contributed by atoms with Crippen molar-refractivity contribution < 1.29 is 14.6 Å². The maximum absolute atomic E-state index is 9.96. The zero-order valence-electron chi connectivity index (χ0n) is 9.05. The highest BCUT2D eigenvalue weighted by atomic mass is 79.9. The summed E-state index contributed by atoms with van der Waals surface area (Å²) >= 11 is 3.47. The number of benzene rings is 1. The summed E-state index contributed by atoms with van der Waals surface area (Å²) in [6.45, 7) is 2.30. The SMILES string of the molecule is Cc1c(CC2(O)CC2)cc(Br)c2c1OCO2. The second-order valence-electron chi connectivity index (χ2n) is 4.61. The second-order valence-corrected chi connectivity index (χ2v) is 5.46. The molecule has 1 fully saturated rings. The van der Waals surface area contributed by atoms with E-state index in [0.717, 1.165) is 39.9 Å². The number of ether oxygens (including phenoxy) is 2. The Balaban J connectivity index is 2.02. The van der Waals surface area contributed by atoms with Crippen molar-refractivity contribution in [3.8, 4) is 11.5 Å². The fourth-order valence-electron chi connectivity index (χ4n) is 2.07. The molecular formula is C12H13BrO3. The Bertz CT molecular complexity index is 452. The van der Waals surface area contributed by atoms with Crippen molar-refractivity contribution in [1.82, 2.24) is 0 Å². The molecule has 0 radical (unpaired) electrons. The zero-order valence-corrected chi connectivity index (χ0v) is 10.6. The van der Waals surface area contributed by atoms with E-state index in [-0.39, 0.29) is 6.79 Å². The quantitative estimate of drug-likeness (QED) is 0.907. The minimum atomic E-state index is -0.474. The predicted molar refractivity (Wildman–Crippen MR) is 62.9 cm³/mol. The third-order valence-electron chi connectivity index (χ3n) is 3.30. The summed E-state index contributed by atoms with van der Waals surface area (Å²) in [5.74, 6) is 1.60. The highest BCUT2D eigenvalue weighted by Gasteiger charge is 2.41. The van der Waals surface area contributed by atoms with E-state index >= 15 is 0 Å². The Labute approximate surface area is 102 Å². The van der Waals surface area contributed by atoms with E-state index in [0.29, 0.717) is 6.42 Å². The zero-order chi connectivity index (χ0) is 11.3. The van der Waals surface area contributed by atoms with Crippen LogP contribution < -0.4 is 9.47 Å². The second kappa shape index (κ2) is 3.37. The minimum Gasteiger partial charge on any atom is -0.453 e. The molecule has 1 aliphatic carbocycles. The van der Waals surface area contributed by atoms with Gasteiger partial charge in [0.2, 0.25) is 6.79 Å². The Morgan fingerprint density at radius 2 is 2.06 bits per heavy atom. The summed E-state index contributed by atoms with van der Waals surface area (Å²) in [6.07, 6.45) is 2.51. The molecule has 0 atom stereocenters. The molecule has 4 heteroatoms. The molecule has 0 spiro atoms. The third-order valence-corrected chi connectivity index (χ3v) is 3.89. The minimum absolute atomic E-state index is 0.280. The smallest absolute Gasteiger partial charge is 0.231 e. The van der Waals surface area contributed by atoms with Gasteiger partial charge in [-0.25, -0.2) is 0 Å². The molecule has 0 unspecified atom stereocenters. The first kappa shape index (κ1) is 10.4. The summed E-state index contributed by atoms with van der Waals surface area (Å²) in [4.78, 5) is 0. The molecule has 3 nitrogen and oxygen atoms in total. The third kappa shape index (κ3) is 1.60. The average Bonchev–Trinajstić information content (AvgIpc) is 2.81. The number of rotatable bonds is 2. The lowest BCUT2D eigenvalue weighted by molar-refractivity contribution is 0.150. The van der Waals surface area contributed by atoms with Gasteiger partial charge in [0.15, 0.2) is 11.5 Å². The summed E-state index contributed by atoms with van der Waals surface area (Å²) in [7, 11) is 0. The number of fused-ring (bicyclic) bond motifs is 1. The van der Waals surface area contributed by atoms with Gasteiger partial charge in [-0.05, 0) is 52.9 Å². The molecule has 1 aromatic carbocycles. The van der Waals surface area contributed by atoms with E-state index in [1.165, 1.54) is 0 Å². The summed E-state index contributed by atoms with van der Waals surface area (Å²) in [5, 5.41) is 9.96. The average molecular weight is 285 g/mol. The van der Waals surface area contributed by atoms with E-state index < -0.39 is 5.60 Å². The molecule has 1 aliphatic heterocycles. The van der Waals surface area contributed by atoms with Gasteiger partial charge in [0.1, 0.15) is 0 Å². The van der Waals surface area contributed by atoms with E-state index in [4.69, 9.17) is 9.47 Å². The van der Waals surface area contributed by atoms with Crippen LogP contribution in [0.1, 0.15) is 24.0 Å². The Morgan fingerprint density at radius 3 is 2.75 bits per heavy atom. The van der Waals surface area contributed by atoms with Crippen LogP contribution in [0.15, 0.2) is 10.5 Å². The lowest BCUT2D eigenvalue weighted by atomic mass is 10.00. The summed E-state index contributed by atoms with van der Waals surface area (Å²) in [6, 6.07) is 2.03. The van der Waals surface area contributed by atoms with Crippen LogP contribution in [0.5, 0.6) is 11.5 Å². The van der Waals surface area contributed by atoms with Crippen LogP contribution >= 0.6 is 15.9 Å². The van der Waals surface area contributed by atoms with Crippen molar-refractivity contribution in [3.63, 3.8) is 0 Å². The molecule has 1 heterocycles. The van der Waals surface area contributed by atoms with Crippen molar-refractivity contribution in [3.05, 3.63) is 21.7 Å². The van der Waals surface area contributed by atoms with Crippen molar-refractivity contribution >= 4 is 15.9 Å². The number of aliphatic hydroxyl groups is 1. The van der Waals surface area contributed by atoms with E-state index in [2.05, 4.69) is 15.9 Å². The number of halogens is 1. The molecule has 1 aromatic rings. The molecule has 1 N–H and O–H groups in total. The highest BCUT2D eigenvalue weighted by Crippen LogP contribution is 2.46. The molecule has 0 saturated heterocycles. The molecular weight excluding hydrogens is 272 g/mol. The van der Waals surface area contributed by atoms with Gasteiger partial charge < -0.3 is 14.6 Å². The van der Waals surface area contributed by atoms with Gasteiger partial charge in [-0.3, -0.25) is 0 Å². The van der Waals surface area contributed by atoms with Crippen LogP contribution in [-0.4, -0.2) is 17.5 Å². The molecule has 16 heavy (non-hydrogen) atoms. The van der Waals surface area contributed by atoms with Gasteiger partial charge in [0, 0.05) is 6.42 Å². The maximum atomic E-state index is 9.96. The molecule has 0 aromatic heterocycles. The molecule has 0 bridgehead atoms. The highest BCUT2D eigenvalue weighted by molar-refractivity contribution is 9.10. The normalized spacial score (nSPS) is 19.9. The van der Waals surface area contributed by atoms with E-state index in [1.54, 1.807) is 0 Å². The van der Waals surface area contributed by atoms with Gasteiger partial charge in [0.25, 0.3) is 0 Å². The van der Waals surface area contributed by atoms with Crippen LogP contribution in [0.2, 0.25) is 0 Å². The van der Waals surface area contributed by atoms with Crippen LogP contribution in [0.4, 0.5) is 0 Å². The molecule has 1 saturated carbocycles. The van der Waals surface area contributed by atoms with Crippen LogP contribution in [0, 0.1) is 6.92 Å². The fourth-order valence-corrected chi connectivity index (χ4v) is 2.64. The molecule has 86 valence electrons. The molecule has 0 amide bonds. The van der Waals surface area contributed by atoms with Crippen molar-refractivity contribution in [2.45, 2.75) is 31.8 Å². The monoisotopic (exact) mass is 284 g/mol. The molecule has 2 aliphatic rings. The Hall–Kier alpha value is -0.740. The largest absolute Gasteiger partial charge is 0.453 e. The van der Waals surface area contributed by atoms with E-state index in [1.807, 2.05) is 13.0 Å². The van der Waals surface area contributed by atoms with Crippen molar-refractivity contribution in [1.29, 1.82) is 0 Å². The topological polar surface area (TPSA) is 38.7 Å². The summed E-state index contributed by atoms with van der Waals surface area (Å²) < 4.78 is 11.7. The van der Waals surface area contributed by atoms with Gasteiger partial charge in [-0.15, -0.1) is 0 Å². The van der Waals surface area contributed by atoms with Gasteiger partial charge in [0.05, 0.1) is 10.1 Å².